The Labute approximate surface area is 208 Å². The van der Waals surface area contributed by atoms with Crippen molar-refractivity contribution < 1.29 is 14.3 Å². The van der Waals surface area contributed by atoms with Crippen molar-refractivity contribution in [3.63, 3.8) is 0 Å². The molecule has 8 heteroatoms. The molecule has 0 fully saturated rings. The number of esters is 1. The van der Waals surface area contributed by atoms with Crippen LogP contribution in [0.5, 0.6) is 0 Å². The molecule has 0 saturated carbocycles. The van der Waals surface area contributed by atoms with Crippen LogP contribution in [0, 0.1) is 16.7 Å². The summed E-state index contributed by atoms with van der Waals surface area (Å²) in [4.78, 5) is 33.9. The summed E-state index contributed by atoms with van der Waals surface area (Å²) in [7, 11) is 1.38. The van der Waals surface area contributed by atoms with E-state index in [0.717, 1.165) is 47.4 Å². The lowest BCUT2D eigenvalue weighted by atomic mass is 9.69. The van der Waals surface area contributed by atoms with Crippen LogP contribution in [0.3, 0.4) is 0 Å². The van der Waals surface area contributed by atoms with Crippen molar-refractivity contribution >= 4 is 28.1 Å². The zero-order valence-electron chi connectivity index (χ0n) is 20.2. The van der Waals surface area contributed by atoms with Gasteiger partial charge in [0.1, 0.15) is 10.8 Å². The number of aromatic nitrogens is 1. The van der Waals surface area contributed by atoms with Gasteiger partial charge in [-0.2, -0.15) is 5.26 Å². The van der Waals surface area contributed by atoms with Gasteiger partial charge >= 0.3 is 5.97 Å². The fourth-order valence-electron chi connectivity index (χ4n) is 5.64. The smallest absolute Gasteiger partial charge is 0.341 e. The number of nitrogens with zero attached hydrogens (tertiary/aromatic N) is 3. The zero-order valence-corrected chi connectivity index (χ0v) is 21.0. The highest BCUT2D eigenvalue weighted by Gasteiger charge is 2.46. The minimum absolute atomic E-state index is 0.00343. The van der Waals surface area contributed by atoms with Crippen molar-refractivity contribution in [2.24, 2.45) is 11.1 Å². The summed E-state index contributed by atoms with van der Waals surface area (Å²) in [6.07, 6.45) is 8.07. The maximum atomic E-state index is 13.7. The lowest BCUT2D eigenvalue weighted by Gasteiger charge is -2.43. The number of anilines is 1. The van der Waals surface area contributed by atoms with Crippen molar-refractivity contribution in [3.8, 4) is 6.07 Å². The van der Waals surface area contributed by atoms with Gasteiger partial charge in [0.05, 0.1) is 30.2 Å². The topological polar surface area (TPSA) is 109 Å². The number of nitrogens with two attached hydrogens (primary N) is 1. The predicted octanol–water partition coefficient (Wildman–Crippen LogP) is 4.75. The number of nitriles is 1. The number of Topliss-reactive ketones (excluding diaryl/α,β-unsaturated/α-hetero) is 1. The Balaban J connectivity index is 1.81. The third kappa shape index (κ3) is 3.75. The molecule has 2 N–H and O–H groups in total. The number of ketones is 1. The predicted molar refractivity (Wildman–Crippen MR) is 134 cm³/mol. The SMILES string of the molecule is COC(=O)c1c(N2C(N)=C(C#N)[C@H](c3cccnc3)C3=C2CC(C)(C)CC3=O)sc2c1CCCC2. The van der Waals surface area contributed by atoms with Crippen LogP contribution >= 0.6 is 11.3 Å². The number of allylic oxidation sites excluding steroid dienone is 3. The molecule has 0 amide bonds. The first-order valence-electron chi connectivity index (χ1n) is 11.9. The van der Waals surface area contributed by atoms with Crippen molar-refractivity contribution in [1.29, 1.82) is 5.26 Å². The number of pyridine rings is 1. The average molecular weight is 489 g/mol. The third-order valence-electron chi connectivity index (χ3n) is 7.14. The molecule has 1 aliphatic heterocycles. The Morgan fingerprint density at radius 3 is 2.77 bits per heavy atom. The highest BCUT2D eigenvalue weighted by Crippen LogP contribution is 2.52. The van der Waals surface area contributed by atoms with Crippen molar-refractivity contribution in [1.82, 2.24) is 4.98 Å². The van der Waals surface area contributed by atoms with Crippen LogP contribution in [-0.2, 0) is 22.4 Å². The number of aryl methyl sites for hydroxylation is 1. The van der Waals surface area contributed by atoms with E-state index in [2.05, 4.69) is 24.9 Å². The van der Waals surface area contributed by atoms with Crippen LogP contribution in [0.25, 0.3) is 0 Å². The largest absolute Gasteiger partial charge is 0.465 e. The minimum atomic E-state index is -0.584. The van der Waals surface area contributed by atoms with E-state index in [0.29, 0.717) is 34.6 Å². The second-order valence-electron chi connectivity index (χ2n) is 10.1. The summed E-state index contributed by atoms with van der Waals surface area (Å²) >= 11 is 1.53. The Morgan fingerprint density at radius 1 is 1.31 bits per heavy atom. The van der Waals surface area contributed by atoms with Gasteiger partial charge in [-0.3, -0.25) is 14.7 Å². The molecule has 35 heavy (non-hydrogen) atoms. The lowest BCUT2D eigenvalue weighted by molar-refractivity contribution is -0.118. The molecule has 0 spiro atoms. The van der Waals surface area contributed by atoms with E-state index in [1.807, 2.05) is 11.0 Å². The summed E-state index contributed by atoms with van der Waals surface area (Å²) in [5.41, 5.74) is 10.4. The second-order valence-corrected chi connectivity index (χ2v) is 11.2. The molecule has 2 aromatic heterocycles. The van der Waals surface area contributed by atoms with Crippen molar-refractivity contribution in [2.75, 3.05) is 12.0 Å². The molecule has 2 aromatic rings. The number of rotatable bonds is 3. The van der Waals surface area contributed by atoms with Gasteiger partial charge in [0.2, 0.25) is 0 Å². The number of thiophene rings is 1. The molecule has 0 aromatic carbocycles. The van der Waals surface area contributed by atoms with Crippen LogP contribution in [0.2, 0.25) is 0 Å². The Morgan fingerprint density at radius 2 is 2.09 bits per heavy atom. The fourth-order valence-corrected chi connectivity index (χ4v) is 7.06. The number of carbonyl (C=O) groups is 2. The van der Waals surface area contributed by atoms with Crippen LogP contribution in [0.1, 0.15) is 71.8 Å². The van der Waals surface area contributed by atoms with Crippen LogP contribution < -0.4 is 10.6 Å². The second kappa shape index (κ2) is 8.65. The van der Waals surface area contributed by atoms with Crippen LogP contribution in [0.4, 0.5) is 5.00 Å². The molecule has 7 nitrogen and oxygen atoms in total. The normalized spacial score (nSPS) is 21.4. The van der Waals surface area contributed by atoms with Gasteiger partial charge in [-0.1, -0.05) is 19.9 Å². The quantitative estimate of drug-likeness (QED) is 0.621. The Kier molecular flexibility index (Phi) is 5.76. The number of fused-ring (bicyclic) bond motifs is 1. The molecule has 0 unspecified atom stereocenters. The Hall–Kier alpha value is -3.44. The number of carbonyl (C=O) groups excluding carboxylic acids is 2. The lowest BCUT2D eigenvalue weighted by Crippen LogP contribution is -2.42. The first kappa shape index (κ1) is 23.3. The molecule has 3 heterocycles. The van der Waals surface area contributed by atoms with E-state index in [1.165, 1.54) is 18.4 Å². The van der Waals surface area contributed by atoms with Crippen LogP contribution in [-0.4, -0.2) is 23.8 Å². The molecule has 3 aliphatic rings. The van der Waals surface area contributed by atoms with E-state index in [4.69, 9.17) is 10.5 Å². The van der Waals surface area contributed by atoms with E-state index in [-0.39, 0.29) is 17.0 Å². The number of ether oxygens (including phenoxy) is 1. The molecule has 180 valence electrons. The molecule has 0 saturated heterocycles. The van der Waals surface area contributed by atoms with Gasteiger partial charge < -0.3 is 10.5 Å². The average Bonchev–Trinajstić information content (AvgIpc) is 3.21. The van der Waals surface area contributed by atoms with Crippen LogP contribution in [0.15, 0.2) is 47.2 Å². The fraction of sp³-hybridized carbons (Fsp3) is 0.407. The van der Waals surface area contributed by atoms with Gasteiger partial charge in [0, 0.05) is 35.0 Å². The number of methoxy groups -OCH3 is 1. The maximum Gasteiger partial charge on any atom is 0.341 e. The summed E-state index contributed by atoms with van der Waals surface area (Å²) in [5.74, 6) is -0.742. The van der Waals surface area contributed by atoms with E-state index < -0.39 is 11.9 Å². The highest BCUT2D eigenvalue weighted by molar-refractivity contribution is 7.16. The van der Waals surface area contributed by atoms with Gasteiger partial charge in [0.25, 0.3) is 0 Å². The summed E-state index contributed by atoms with van der Waals surface area (Å²) in [5, 5.41) is 10.9. The minimum Gasteiger partial charge on any atom is -0.465 e. The van der Waals surface area contributed by atoms with E-state index >= 15 is 0 Å². The molecule has 5 rings (SSSR count). The van der Waals surface area contributed by atoms with Gasteiger partial charge in [-0.25, -0.2) is 4.79 Å². The maximum absolute atomic E-state index is 13.7. The summed E-state index contributed by atoms with van der Waals surface area (Å²) < 4.78 is 5.20. The zero-order chi connectivity index (χ0) is 24.9. The first-order chi connectivity index (χ1) is 16.8. The monoisotopic (exact) mass is 488 g/mol. The summed E-state index contributed by atoms with van der Waals surface area (Å²) in [6, 6.07) is 5.96. The molecule has 0 bridgehead atoms. The van der Waals surface area contributed by atoms with Crippen molar-refractivity contribution in [2.45, 2.75) is 58.3 Å². The standard InChI is InChI=1S/C27H28N4O3S/c1-27(2)11-18-23(19(32)12-27)21(15-7-6-10-30-14-15)17(13-28)24(29)31(18)25-22(26(33)34-3)16-8-4-5-9-20(16)35-25/h6-7,10,14,21H,4-5,8-9,11-12,29H2,1-3H3/t21-/m0/s1. The molecule has 0 radical (unpaired) electrons. The number of hydrogen-bond acceptors (Lipinski definition) is 8. The van der Waals surface area contributed by atoms with Crippen molar-refractivity contribution in [3.05, 3.63) is 68.8 Å². The van der Waals surface area contributed by atoms with E-state index in [9.17, 15) is 14.9 Å². The van der Waals surface area contributed by atoms with Gasteiger partial charge in [0.15, 0.2) is 5.78 Å². The van der Waals surface area contributed by atoms with Gasteiger partial charge in [-0.15, -0.1) is 11.3 Å². The number of hydrogen-bond donors (Lipinski definition) is 1. The third-order valence-corrected chi connectivity index (χ3v) is 8.42. The molecular weight excluding hydrogens is 460 g/mol. The van der Waals surface area contributed by atoms with E-state index in [1.54, 1.807) is 18.5 Å². The Bertz CT molecular complexity index is 1330. The van der Waals surface area contributed by atoms with Gasteiger partial charge in [-0.05, 0) is 54.7 Å². The summed E-state index contributed by atoms with van der Waals surface area (Å²) in [6.45, 7) is 4.12. The molecule has 2 aliphatic carbocycles. The highest BCUT2D eigenvalue weighted by atomic mass is 32.1. The molecular formula is C27H28N4O3S. The molecule has 1 atom stereocenters. The first-order valence-corrected chi connectivity index (χ1v) is 12.7.